The third kappa shape index (κ3) is 1.87. The van der Waals surface area contributed by atoms with Crippen LogP contribution in [0.4, 0.5) is 4.39 Å². The van der Waals surface area contributed by atoms with Crippen molar-refractivity contribution in [1.82, 2.24) is 4.90 Å². The highest BCUT2D eigenvalue weighted by Gasteiger charge is 2.04. The van der Waals surface area contributed by atoms with Gasteiger partial charge in [0.15, 0.2) is 0 Å². The van der Waals surface area contributed by atoms with Gasteiger partial charge in [0.1, 0.15) is 0 Å². The van der Waals surface area contributed by atoms with E-state index in [0.29, 0.717) is 6.42 Å². The lowest BCUT2D eigenvalue weighted by molar-refractivity contribution is 0.388. The normalized spacial score (nSPS) is 19.7. The molecule has 0 bridgehead atoms. The van der Waals surface area contributed by atoms with Gasteiger partial charge in [0, 0.05) is 19.5 Å². The first-order valence-electron chi connectivity index (χ1n) is 3.54. The Hall–Kier alpha value is -0.790. The van der Waals surface area contributed by atoms with E-state index < -0.39 is 0 Å². The van der Waals surface area contributed by atoms with Gasteiger partial charge in [-0.05, 0) is 12.6 Å². The summed E-state index contributed by atoms with van der Waals surface area (Å²) >= 11 is 0. The Balaban J connectivity index is 2.43. The Bertz CT molecular complexity index is 151. The molecule has 2 heteroatoms. The molecule has 1 rings (SSSR count). The third-order valence-electron chi connectivity index (χ3n) is 1.68. The molecule has 0 spiro atoms. The topological polar surface area (TPSA) is 3.24 Å². The van der Waals surface area contributed by atoms with E-state index in [9.17, 15) is 4.39 Å². The number of halogens is 1. The van der Waals surface area contributed by atoms with Crippen molar-refractivity contribution < 1.29 is 4.39 Å². The summed E-state index contributed by atoms with van der Waals surface area (Å²) in [6.45, 7) is 5.30. The summed E-state index contributed by atoms with van der Waals surface area (Å²) in [4.78, 5) is 2.03. The largest absolute Gasteiger partial charge is 0.377 e. The highest BCUT2D eigenvalue weighted by molar-refractivity contribution is 4.96. The van der Waals surface area contributed by atoms with E-state index >= 15 is 0 Å². The standard InChI is InChI=1S/C8H12FN/c1-2-10-6-3-4-8(9)5-7-10/h2,4H,1,3,5-7H2. The lowest BCUT2D eigenvalue weighted by atomic mass is 10.3. The van der Waals surface area contributed by atoms with Crippen molar-refractivity contribution in [2.45, 2.75) is 12.8 Å². The molecule has 1 aliphatic heterocycles. The molecule has 0 atom stereocenters. The van der Waals surface area contributed by atoms with Gasteiger partial charge in [0.05, 0.1) is 5.83 Å². The molecule has 0 radical (unpaired) electrons. The molecule has 0 fully saturated rings. The minimum atomic E-state index is 0.0179. The van der Waals surface area contributed by atoms with Crippen molar-refractivity contribution in [2.24, 2.45) is 0 Å². The molecule has 56 valence electrons. The molecule has 0 aromatic rings. The molecule has 0 unspecified atom stereocenters. The SMILES string of the molecule is C=CN1CCC=C(F)CC1. The molecule has 0 amide bonds. The molecular weight excluding hydrogens is 129 g/mol. The van der Waals surface area contributed by atoms with Crippen molar-refractivity contribution in [2.75, 3.05) is 13.1 Å². The Kier molecular flexibility index (Phi) is 2.49. The highest BCUT2D eigenvalue weighted by atomic mass is 19.1. The first-order chi connectivity index (χ1) is 4.83. The van der Waals surface area contributed by atoms with Crippen LogP contribution >= 0.6 is 0 Å². The Labute approximate surface area is 60.8 Å². The van der Waals surface area contributed by atoms with Crippen LogP contribution in [0.2, 0.25) is 0 Å². The van der Waals surface area contributed by atoms with Gasteiger partial charge in [0.25, 0.3) is 0 Å². The maximum atomic E-state index is 12.6. The minimum absolute atomic E-state index is 0.0179. The van der Waals surface area contributed by atoms with E-state index in [1.165, 1.54) is 0 Å². The van der Waals surface area contributed by atoms with Crippen LogP contribution in [-0.4, -0.2) is 18.0 Å². The smallest absolute Gasteiger partial charge is 0.0978 e. The molecule has 1 nitrogen and oxygen atoms in total. The van der Waals surface area contributed by atoms with Crippen LogP contribution in [0.3, 0.4) is 0 Å². The van der Waals surface area contributed by atoms with Gasteiger partial charge < -0.3 is 4.90 Å². The summed E-state index contributed by atoms with van der Waals surface area (Å²) in [5.74, 6) is 0.0179. The number of rotatable bonds is 1. The fraction of sp³-hybridized carbons (Fsp3) is 0.500. The second kappa shape index (κ2) is 3.40. The van der Waals surface area contributed by atoms with Crippen molar-refractivity contribution in [3.8, 4) is 0 Å². The lowest BCUT2D eigenvalue weighted by Crippen LogP contribution is -2.17. The van der Waals surface area contributed by atoms with Crippen LogP contribution in [0.25, 0.3) is 0 Å². The van der Waals surface area contributed by atoms with Crippen LogP contribution in [0.15, 0.2) is 24.7 Å². The van der Waals surface area contributed by atoms with Crippen LogP contribution in [0.5, 0.6) is 0 Å². The lowest BCUT2D eigenvalue weighted by Gasteiger charge is -2.15. The highest BCUT2D eigenvalue weighted by Crippen LogP contribution is 2.11. The molecule has 0 saturated carbocycles. The van der Waals surface area contributed by atoms with Crippen molar-refractivity contribution in [3.05, 3.63) is 24.7 Å². The maximum absolute atomic E-state index is 12.6. The second-order valence-corrected chi connectivity index (χ2v) is 2.41. The third-order valence-corrected chi connectivity index (χ3v) is 1.68. The van der Waals surface area contributed by atoms with Crippen LogP contribution in [0, 0.1) is 0 Å². The van der Waals surface area contributed by atoms with E-state index in [-0.39, 0.29) is 5.83 Å². The predicted octanol–water partition coefficient (Wildman–Crippen LogP) is 2.08. The molecule has 0 aliphatic carbocycles. The van der Waals surface area contributed by atoms with Crippen LogP contribution in [-0.2, 0) is 0 Å². The maximum Gasteiger partial charge on any atom is 0.0978 e. The van der Waals surface area contributed by atoms with E-state index in [4.69, 9.17) is 0 Å². The fourth-order valence-corrected chi connectivity index (χ4v) is 1.03. The summed E-state index contributed by atoms with van der Waals surface area (Å²) in [5, 5.41) is 0. The predicted molar refractivity (Wildman–Crippen MR) is 40.2 cm³/mol. The summed E-state index contributed by atoms with van der Waals surface area (Å²) in [5.41, 5.74) is 0. The fourth-order valence-electron chi connectivity index (χ4n) is 1.03. The van der Waals surface area contributed by atoms with Gasteiger partial charge in [-0.15, -0.1) is 0 Å². The summed E-state index contributed by atoms with van der Waals surface area (Å²) in [6.07, 6.45) is 4.76. The molecule has 0 aromatic carbocycles. The van der Waals surface area contributed by atoms with Gasteiger partial charge in [-0.2, -0.15) is 0 Å². The van der Waals surface area contributed by atoms with Crippen molar-refractivity contribution in [1.29, 1.82) is 0 Å². The molecule has 0 saturated heterocycles. The van der Waals surface area contributed by atoms with Gasteiger partial charge in [0.2, 0.25) is 0 Å². The van der Waals surface area contributed by atoms with Crippen LogP contribution < -0.4 is 0 Å². The molecule has 10 heavy (non-hydrogen) atoms. The number of hydrogen-bond donors (Lipinski definition) is 0. The minimum Gasteiger partial charge on any atom is -0.377 e. The average Bonchev–Trinajstić information content (AvgIpc) is 2.14. The molecule has 1 heterocycles. The van der Waals surface area contributed by atoms with Crippen molar-refractivity contribution in [3.63, 3.8) is 0 Å². The molecular formula is C8H12FN. The zero-order valence-electron chi connectivity index (χ0n) is 6.02. The van der Waals surface area contributed by atoms with Gasteiger partial charge >= 0.3 is 0 Å². The second-order valence-electron chi connectivity index (χ2n) is 2.41. The first kappa shape index (κ1) is 7.32. The van der Waals surface area contributed by atoms with Crippen molar-refractivity contribution >= 4 is 0 Å². The molecule has 1 aliphatic rings. The quantitative estimate of drug-likeness (QED) is 0.540. The van der Waals surface area contributed by atoms with Crippen LogP contribution in [0.1, 0.15) is 12.8 Å². The van der Waals surface area contributed by atoms with Gasteiger partial charge in [-0.1, -0.05) is 12.7 Å². The Morgan fingerprint density at radius 2 is 2.40 bits per heavy atom. The zero-order chi connectivity index (χ0) is 7.40. The zero-order valence-corrected chi connectivity index (χ0v) is 6.02. The monoisotopic (exact) mass is 141 g/mol. The van der Waals surface area contributed by atoms with Gasteiger partial charge in [-0.3, -0.25) is 0 Å². The van der Waals surface area contributed by atoms with Gasteiger partial charge in [-0.25, -0.2) is 4.39 Å². The summed E-state index contributed by atoms with van der Waals surface area (Å²) in [6, 6.07) is 0. The Morgan fingerprint density at radius 1 is 1.60 bits per heavy atom. The average molecular weight is 141 g/mol. The summed E-state index contributed by atoms with van der Waals surface area (Å²) in [7, 11) is 0. The Morgan fingerprint density at radius 3 is 3.10 bits per heavy atom. The van der Waals surface area contributed by atoms with E-state index in [1.54, 1.807) is 12.3 Å². The van der Waals surface area contributed by atoms with E-state index in [1.807, 2.05) is 4.90 Å². The number of hydrogen-bond acceptors (Lipinski definition) is 1. The molecule has 0 N–H and O–H groups in total. The summed E-state index contributed by atoms with van der Waals surface area (Å²) < 4.78 is 12.6. The van der Waals surface area contributed by atoms with E-state index in [0.717, 1.165) is 19.5 Å². The molecule has 0 aromatic heterocycles. The van der Waals surface area contributed by atoms with E-state index in [2.05, 4.69) is 6.58 Å². The first-order valence-corrected chi connectivity index (χ1v) is 3.54. The number of nitrogens with zero attached hydrogens (tertiary/aromatic N) is 1.